The maximum absolute atomic E-state index is 12.3. The Morgan fingerprint density at radius 1 is 1.25 bits per heavy atom. The van der Waals surface area contributed by atoms with E-state index >= 15 is 0 Å². The zero-order chi connectivity index (χ0) is 14.5. The van der Waals surface area contributed by atoms with E-state index in [0.29, 0.717) is 17.9 Å². The SMILES string of the molecule is CC(=O)Nc1cccc(NC(=O)[C@@H]2CCC[C@@H]2CN)c1. The van der Waals surface area contributed by atoms with Crippen LogP contribution in [0.4, 0.5) is 11.4 Å². The molecule has 0 saturated heterocycles. The third kappa shape index (κ3) is 3.57. The molecule has 0 spiro atoms. The lowest BCUT2D eigenvalue weighted by Gasteiger charge is -2.17. The van der Waals surface area contributed by atoms with Crippen LogP contribution in [0, 0.1) is 11.8 Å². The second-order valence-electron chi connectivity index (χ2n) is 5.28. The first kappa shape index (κ1) is 14.5. The highest BCUT2D eigenvalue weighted by Crippen LogP contribution is 2.32. The molecular formula is C15H21N3O2. The van der Waals surface area contributed by atoms with Crippen LogP contribution < -0.4 is 16.4 Å². The van der Waals surface area contributed by atoms with E-state index in [0.717, 1.165) is 19.3 Å². The summed E-state index contributed by atoms with van der Waals surface area (Å²) in [4.78, 5) is 23.3. The maximum Gasteiger partial charge on any atom is 0.227 e. The van der Waals surface area contributed by atoms with Crippen LogP contribution in [0.2, 0.25) is 0 Å². The van der Waals surface area contributed by atoms with Crippen LogP contribution in [0.5, 0.6) is 0 Å². The number of anilines is 2. The number of rotatable bonds is 4. The van der Waals surface area contributed by atoms with Crippen molar-refractivity contribution in [2.75, 3.05) is 17.2 Å². The smallest absolute Gasteiger partial charge is 0.227 e. The van der Waals surface area contributed by atoms with E-state index in [9.17, 15) is 9.59 Å². The zero-order valence-electron chi connectivity index (χ0n) is 11.7. The Bertz CT molecular complexity index is 502. The summed E-state index contributed by atoms with van der Waals surface area (Å²) in [5.74, 6) is 0.184. The number of amides is 2. The fourth-order valence-corrected chi connectivity index (χ4v) is 2.78. The molecule has 1 aliphatic carbocycles. The molecule has 1 aromatic carbocycles. The van der Waals surface area contributed by atoms with Crippen LogP contribution in [0.25, 0.3) is 0 Å². The lowest BCUT2D eigenvalue weighted by atomic mass is 9.95. The maximum atomic E-state index is 12.3. The summed E-state index contributed by atoms with van der Waals surface area (Å²) in [6.45, 7) is 2.01. The first-order chi connectivity index (χ1) is 9.60. The van der Waals surface area contributed by atoms with Crippen molar-refractivity contribution in [3.05, 3.63) is 24.3 Å². The number of benzene rings is 1. The van der Waals surface area contributed by atoms with Crippen molar-refractivity contribution in [1.82, 2.24) is 0 Å². The van der Waals surface area contributed by atoms with Gasteiger partial charge in [0.1, 0.15) is 0 Å². The number of nitrogens with one attached hydrogen (secondary N) is 2. The van der Waals surface area contributed by atoms with E-state index in [-0.39, 0.29) is 23.7 Å². The first-order valence-corrected chi connectivity index (χ1v) is 6.98. The highest BCUT2D eigenvalue weighted by molar-refractivity contribution is 5.94. The van der Waals surface area contributed by atoms with E-state index in [2.05, 4.69) is 10.6 Å². The van der Waals surface area contributed by atoms with Gasteiger partial charge in [0.15, 0.2) is 0 Å². The quantitative estimate of drug-likeness (QED) is 0.785. The Balaban J connectivity index is 2.02. The second kappa shape index (κ2) is 6.52. The van der Waals surface area contributed by atoms with Crippen molar-refractivity contribution in [3.8, 4) is 0 Å². The zero-order valence-corrected chi connectivity index (χ0v) is 11.7. The number of hydrogen-bond donors (Lipinski definition) is 3. The molecule has 1 fully saturated rings. The molecule has 20 heavy (non-hydrogen) atoms. The Morgan fingerprint density at radius 2 is 1.95 bits per heavy atom. The summed E-state index contributed by atoms with van der Waals surface area (Å²) in [7, 11) is 0. The monoisotopic (exact) mass is 275 g/mol. The molecule has 2 amide bonds. The van der Waals surface area contributed by atoms with Gasteiger partial charge < -0.3 is 16.4 Å². The highest BCUT2D eigenvalue weighted by Gasteiger charge is 2.31. The molecular weight excluding hydrogens is 254 g/mol. The molecule has 0 unspecified atom stereocenters. The predicted molar refractivity (Wildman–Crippen MR) is 79.3 cm³/mol. The summed E-state index contributed by atoms with van der Waals surface area (Å²) >= 11 is 0. The molecule has 1 aromatic rings. The first-order valence-electron chi connectivity index (χ1n) is 6.98. The summed E-state index contributed by atoms with van der Waals surface area (Å²) < 4.78 is 0. The van der Waals surface area contributed by atoms with E-state index in [1.807, 2.05) is 6.07 Å². The average molecular weight is 275 g/mol. The van der Waals surface area contributed by atoms with Gasteiger partial charge >= 0.3 is 0 Å². The van der Waals surface area contributed by atoms with Crippen molar-refractivity contribution in [2.45, 2.75) is 26.2 Å². The summed E-state index contributed by atoms with van der Waals surface area (Å²) in [5.41, 5.74) is 7.08. The molecule has 1 aliphatic rings. The minimum Gasteiger partial charge on any atom is -0.330 e. The number of nitrogens with two attached hydrogens (primary N) is 1. The molecule has 0 aliphatic heterocycles. The average Bonchev–Trinajstić information content (AvgIpc) is 2.86. The van der Waals surface area contributed by atoms with Gasteiger partial charge in [-0.1, -0.05) is 12.5 Å². The van der Waals surface area contributed by atoms with E-state index in [1.165, 1.54) is 6.92 Å². The number of hydrogen-bond acceptors (Lipinski definition) is 3. The van der Waals surface area contributed by atoms with Crippen LogP contribution >= 0.6 is 0 Å². The van der Waals surface area contributed by atoms with Gasteiger partial charge in [-0.25, -0.2) is 0 Å². The fourth-order valence-electron chi connectivity index (χ4n) is 2.78. The number of carbonyl (C=O) groups is 2. The third-order valence-electron chi connectivity index (χ3n) is 3.75. The van der Waals surface area contributed by atoms with E-state index in [1.54, 1.807) is 18.2 Å². The summed E-state index contributed by atoms with van der Waals surface area (Å²) in [6.07, 6.45) is 2.99. The molecule has 0 aromatic heterocycles. The van der Waals surface area contributed by atoms with Crippen LogP contribution in [0.1, 0.15) is 26.2 Å². The van der Waals surface area contributed by atoms with Crippen molar-refractivity contribution < 1.29 is 9.59 Å². The fraction of sp³-hybridized carbons (Fsp3) is 0.467. The molecule has 0 radical (unpaired) electrons. The van der Waals surface area contributed by atoms with Gasteiger partial charge in [0.05, 0.1) is 0 Å². The van der Waals surface area contributed by atoms with Crippen molar-refractivity contribution >= 4 is 23.2 Å². The lowest BCUT2D eigenvalue weighted by molar-refractivity contribution is -0.120. The molecule has 0 bridgehead atoms. The molecule has 1 saturated carbocycles. The van der Waals surface area contributed by atoms with Crippen molar-refractivity contribution in [1.29, 1.82) is 0 Å². The predicted octanol–water partition coefficient (Wildman–Crippen LogP) is 1.96. The van der Waals surface area contributed by atoms with Crippen LogP contribution in [-0.2, 0) is 9.59 Å². The van der Waals surface area contributed by atoms with Crippen LogP contribution in [0.3, 0.4) is 0 Å². The Hall–Kier alpha value is -1.88. The Morgan fingerprint density at radius 3 is 2.60 bits per heavy atom. The summed E-state index contributed by atoms with van der Waals surface area (Å²) in [6, 6.07) is 7.16. The van der Waals surface area contributed by atoms with Gasteiger partial charge in [0.25, 0.3) is 0 Å². The molecule has 2 atom stereocenters. The van der Waals surface area contributed by atoms with Crippen LogP contribution in [-0.4, -0.2) is 18.4 Å². The minimum absolute atomic E-state index is 0.00409. The Labute approximate surface area is 118 Å². The van der Waals surface area contributed by atoms with Crippen molar-refractivity contribution in [2.24, 2.45) is 17.6 Å². The second-order valence-corrected chi connectivity index (χ2v) is 5.28. The van der Waals surface area contributed by atoms with E-state index in [4.69, 9.17) is 5.73 Å². The minimum atomic E-state index is -0.132. The standard InChI is InChI=1S/C15H21N3O2/c1-10(19)17-12-5-3-6-13(8-12)18-15(20)14-7-2-4-11(14)9-16/h3,5-6,8,11,14H,2,4,7,9,16H2,1H3,(H,17,19)(H,18,20)/t11-,14-/m1/s1. The highest BCUT2D eigenvalue weighted by atomic mass is 16.2. The largest absolute Gasteiger partial charge is 0.330 e. The van der Waals surface area contributed by atoms with Gasteiger partial charge in [0.2, 0.25) is 11.8 Å². The molecule has 0 heterocycles. The summed E-state index contributed by atoms with van der Waals surface area (Å²) in [5, 5.41) is 5.61. The Kier molecular flexibility index (Phi) is 4.74. The van der Waals surface area contributed by atoms with Gasteiger partial charge in [-0.3, -0.25) is 9.59 Å². The third-order valence-corrected chi connectivity index (χ3v) is 3.75. The van der Waals surface area contributed by atoms with E-state index < -0.39 is 0 Å². The van der Waals surface area contributed by atoms with Crippen LogP contribution in [0.15, 0.2) is 24.3 Å². The number of carbonyl (C=O) groups excluding carboxylic acids is 2. The lowest BCUT2D eigenvalue weighted by Crippen LogP contribution is -2.29. The molecule has 2 rings (SSSR count). The van der Waals surface area contributed by atoms with Gasteiger partial charge in [0, 0.05) is 24.2 Å². The molecule has 4 N–H and O–H groups in total. The molecule has 5 nitrogen and oxygen atoms in total. The van der Waals surface area contributed by atoms with Gasteiger partial charge in [-0.15, -0.1) is 0 Å². The van der Waals surface area contributed by atoms with Gasteiger partial charge in [-0.2, -0.15) is 0 Å². The molecule has 5 heteroatoms. The molecule has 108 valence electrons. The van der Waals surface area contributed by atoms with Crippen molar-refractivity contribution in [3.63, 3.8) is 0 Å². The normalized spacial score (nSPS) is 21.5. The topological polar surface area (TPSA) is 84.2 Å². The van der Waals surface area contributed by atoms with Gasteiger partial charge in [-0.05, 0) is 43.5 Å².